The van der Waals surface area contributed by atoms with Crippen molar-refractivity contribution in [1.82, 2.24) is 35.3 Å². The van der Waals surface area contributed by atoms with Gasteiger partial charge in [-0.3, -0.25) is 14.7 Å². The van der Waals surface area contributed by atoms with E-state index in [0.29, 0.717) is 28.5 Å². The Morgan fingerprint density at radius 3 is 2.77 bits per heavy atom. The van der Waals surface area contributed by atoms with Gasteiger partial charge in [-0.15, -0.1) is 5.10 Å². The number of carbonyl (C=O) groups is 2. The maximum absolute atomic E-state index is 13.9. The van der Waals surface area contributed by atoms with Gasteiger partial charge in [-0.05, 0) is 71.3 Å². The van der Waals surface area contributed by atoms with Crippen molar-refractivity contribution in [3.63, 3.8) is 0 Å². The minimum Gasteiger partial charge on any atom is -0.326 e. The van der Waals surface area contributed by atoms with Crippen LogP contribution in [0, 0.1) is 0 Å². The zero-order valence-electron chi connectivity index (χ0n) is 21.3. The molecule has 6 rings (SSSR count). The fraction of sp³-hybridized carbons (Fsp3) is 0.172. The normalized spacial score (nSPS) is 17.4. The van der Waals surface area contributed by atoms with E-state index in [1.807, 2.05) is 48.5 Å². The highest BCUT2D eigenvalue weighted by Crippen LogP contribution is 2.34. The van der Waals surface area contributed by atoms with E-state index in [4.69, 9.17) is 11.6 Å². The lowest BCUT2D eigenvalue weighted by Gasteiger charge is -2.40. The van der Waals surface area contributed by atoms with E-state index >= 15 is 0 Å². The standard InChI is InChI=1S/C29H25ClN8O2/c30-22-9-12-26(38-18-32-35-36-38)20(15-22)8-13-27(39)37-14-4-7-24(19-5-2-1-3-6-19)28(37)29(40)33-23-10-11-25-21(16-23)17-31-34-25/h1-3,5-6,8-13,15-18,24,28H,4,7,14H2,(H,31,34)(H,33,40). The van der Waals surface area contributed by atoms with Crippen molar-refractivity contribution < 1.29 is 9.59 Å². The van der Waals surface area contributed by atoms with Gasteiger partial charge in [0.15, 0.2) is 0 Å². The van der Waals surface area contributed by atoms with Gasteiger partial charge in [0.2, 0.25) is 11.8 Å². The molecule has 3 heterocycles. The molecule has 0 saturated carbocycles. The Bertz CT molecular complexity index is 1680. The number of hydrogen-bond acceptors (Lipinski definition) is 6. The number of nitrogens with one attached hydrogen (secondary N) is 2. The number of anilines is 1. The van der Waals surface area contributed by atoms with E-state index in [9.17, 15) is 9.59 Å². The molecular weight excluding hydrogens is 528 g/mol. The molecular formula is C29H25ClN8O2. The van der Waals surface area contributed by atoms with E-state index in [2.05, 4.69) is 31.0 Å². The van der Waals surface area contributed by atoms with Gasteiger partial charge in [0, 0.05) is 40.2 Å². The number of hydrogen-bond donors (Lipinski definition) is 2. The SMILES string of the molecule is O=C(Nc1ccc2[nH]ncc2c1)C1C(c2ccccc2)CCCN1C(=O)C=Cc1cc(Cl)ccc1-n1cnnn1. The number of halogens is 1. The molecule has 2 amide bonds. The Morgan fingerprint density at radius 1 is 1.07 bits per heavy atom. The van der Waals surface area contributed by atoms with E-state index in [1.54, 1.807) is 35.4 Å². The Labute approximate surface area is 234 Å². The highest BCUT2D eigenvalue weighted by molar-refractivity contribution is 6.30. The van der Waals surface area contributed by atoms with Crippen LogP contribution in [0.15, 0.2) is 85.3 Å². The van der Waals surface area contributed by atoms with Crippen molar-refractivity contribution in [3.8, 4) is 5.69 Å². The molecule has 2 N–H and O–H groups in total. The lowest BCUT2D eigenvalue weighted by molar-refractivity contribution is -0.137. The maximum atomic E-state index is 13.9. The number of likely N-dealkylation sites (tertiary alicyclic amines) is 1. The van der Waals surface area contributed by atoms with E-state index < -0.39 is 6.04 Å². The van der Waals surface area contributed by atoms with Gasteiger partial charge in [-0.1, -0.05) is 41.9 Å². The summed E-state index contributed by atoms with van der Waals surface area (Å²) in [5.41, 5.74) is 3.87. The maximum Gasteiger partial charge on any atom is 0.247 e. The van der Waals surface area contributed by atoms with E-state index in [1.165, 1.54) is 17.1 Å². The van der Waals surface area contributed by atoms with Crippen LogP contribution in [0.1, 0.15) is 29.9 Å². The quantitative estimate of drug-likeness (QED) is 0.296. The summed E-state index contributed by atoms with van der Waals surface area (Å²) in [5.74, 6) is -0.670. The average molecular weight is 553 g/mol. The van der Waals surface area contributed by atoms with Gasteiger partial charge in [0.1, 0.15) is 12.4 Å². The minimum atomic E-state index is -0.702. The first-order valence-electron chi connectivity index (χ1n) is 12.9. The predicted molar refractivity (Wildman–Crippen MR) is 152 cm³/mol. The molecule has 2 aromatic heterocycles. The van der Waals surface area contributed by atoms with Gasteiger partial charge in [0.05, 0.1) is 17.4 Å². The molecule has 1 fully saturated rings. The van der Waals surface area contributed by atoms with Gasteiger partial charge >= 0.3 is 0 Å². The summed E-state index contributed by atoms with van der Waals surface area (Å²) in [7, 11) is 0. The molecule has 10 nitrogen and oxygen atoms in total. The first-order chi connectivity index (χ1) is 19.6. The molecule has 200 valence electrons. The van der Waals surface area contributed by atoms with Gasteiger partial charge in [0.25, 0.3) is 0 Å². The zero-order chi connectivity index (χ0) is 27.5. The van der Waals surface area contributed by atoms with Crippen LogP contribution in [0.25, 0.3) is 22.7 Å². The van der Waals surface area contributed by atoms with Gasteiger partial charge in [-0.25, -0.2) is 0 Å². The number of carbonyl (C=O) groups excluding carboxylic acids is 2. The highest BCUT2D eigenvalue weighted by atomic mass is 35.5. The van der Waals surface area contributed by atoms with Crippen molar-refractivity contribution in [2.75, 3.05) is 11.9 Å². The number of piperidine rings is 1. The molecule has 0 radical (unpaired) electrons. The molecule has 40 heavy (non-hydrogen) atoms. The number of rotatable bonds is 6. The summed E-state index contributed by atoms with van der Waals surface area (Å²) in [6, 6.07) is 20.0. The first-order valence-corrected chi connectivity index (χ1v) is 13.3. The molecule has 3 aromatic carbocycles. The second kappa shape index (κ2) is 11.1. The van der Waals surface area contributed by atoms with Crippen molar-refractivity contribution in [3.05, 3.63) is 101 Å². The second-order valence-electron chi connectivity index (χ2n) is 9.59. The van der Waals surface area contributed by atoms with Crippen LogP contribution in [0.2, 0.25) is 5.02 Å². The van der Waals surface area contributed by atoms with Crippen LogP contribution < -0.4 is 5.32 Å². The van der Waals surface area contributed by atoms with Crippen LogP contribution in [0.4, 0.5) is 5.69 Å². The second-order valence-corrected chi connectivity index (χ2v) is 10.0. The molecule has 2 unspecified atom stereocenters. The number of aromatic nitrogens is 6. The fourth-order valence-electron chi connectivity index (χ4n) is 5.25. The minimum absolute atomic E-state index is 0.159. The smallest absolute Gasteiger partial charge is 0.247 e. The van der Waals surface area contributed by atoms with Crippen molar-refractivity contribution in [1.29, 1.82) is 0 Å². The summed E-state index contributed by atoms with van der Waals surface area (Å²) in [6.07, 6.45) is 7.89. The average Bonchev–Trinajstić information content (AvgIpc) is 3.68. The number of benzene rings is 3. The fourth-order valence-corrected chi connectivity index (χ4v) is 5.43. The molecule has 0 bridgehead atoms. The van der Waals surface area contributed by atoms with Crippen molar-refractivity contribution >= 4 is 46.1 Å². The number of fused-ring (bicyclic) bond motifs is 1. The summed E-state index contributed by atoms with van der Waals surface area (Å²) in [4.78, 5) is 29.2. The Hall–Kier alpha value is -4.83. The molecule has 0 spiro atoms. The summed E-state index contributed by atoms with van der Waals surface area (Å²) < 4.78 is 1.50. The summed E-state index contributed by atoms with van der Waals surface area (Å²) >= 11 is 6.25. The molecule has 2 atom stereocenters. The monoisotopic (exact) mass is 552 g/mol. The lowest BCUT2D eigenvalue weighted by atomic mass is 9.82. The largest absolute Gasteiger partial charge is 0.326 e. The van der Waals surface area contributed by atoms with Gasteiger partial charge in [-0.2, -0.15) is 9.78 Å². The lowest BCUT2D eigenvalue weighted by Crippen LogP contribution is -2.53. The first kappa shape index (κ1) is 25.4. The Morgan fingerprint density at radius 2 is 1.95 bits per heavy atom. The molecule has 1 aliphatic rings. The van der Waals surface area contributed by atoms with E-state index in [-0.39, 0.29) is 17.7 Å². The van der Waals surface area contributed by atoms with Crippen LogP contribution >= 0.6 is 11.6 Å². The third kappa shape index (κ3) is 5.21. The molecule has 1 saturated heterocycles. The predicted octanol–water partition coefficient (Wildman–Crippen LogP) is 4.62. The highest BCUT2D eigenvalue weighted by Gasteiger charge is 2.39. The number of H-pyrrole nitrogens is 1. The topological polar surface area (TPSA) is 122 Å². The van der Waals surface area contributed by atoms with Crippen molar-refractivity contribution in [2.24, 2.45) is 0 Å². The zero-order valence-corrected chi connectivity index (χ0v) is 22.1. The van der Waals surface area contributed by atoms with Crippen LogP contribution in [0.5, 0.6) is 0 Å². The molecule has 1 aliphatic heterocycles. The molecule has 11 heteroatoms. The third-order valence-electron chi connectivity index (χ3n) is 7.11. The van der Waals surface area contributed by atoms with Gasteiger partial charge < -0.3 is 10.2 Å². The summed E-state index contributed by atoms with van der Waals surface area (Å²) in [6.45, 7) is 0.459. The van der Waals surface area contributed by atoms with Crippen LogP contribution in [0.3, 0.4) is 0 Å². The Balaban J connectivity index is 1.31. The number of nitrogens with zero attached hydrogens (tertiary/aromatic N) is 6. The molecule has 0 aliphatic carbocycles. The summed E-state index contributed by atoms with van der Waals surface area (Å²) in [5, 5.41) is 22.8. The number of amides is 2. The number of tetrazole rings is 1. The Kier molecular flexibility index (Phi) is 7.07. The van der Waals surface area contributed by atoms with E-state index in [0.717, 1.165) is 29.3 Å². The molecule has 5 aromatic rings. The van der Waals surface area contributed by atoms with Crippen LogP contribution in [-0.2, 0) is 9.59 Å². The van der Waals surface area contributed by atoms with Crippen LogP contribution in [-0.4, -0.2) is 59.7 Å². The van der Waals surface area contributed by atoms with Crippen molar-refractivity contribution in [2.45, 2.75) is 24.8 Å². The third-order valence-corrected chi connectivity index (χ3v) is 7.34. The number of aromatic amines is 1.